The van der Waals surface area contributed by atoms with E-state index in [2.05, 4.69) is 23.8 Å². The zero-order chi connectivity index (χ0) is 11.6. The van der Waals surface area contributed by atoms with E-state index in [1.807, 2.05) is 0 Å². The molecule has 0 aromatic carbocycles. The molecule has 2 heterocycles. The second-order valence-electron chi connectivity index (χ2n) is 5.80. The van der Waals surface area contributed by atoms with Gasteiger partial charge in [0.2, 0.25) is 0 Å². The van der Waals surface area contributed by atoms with E-state index in [-0.39, 0.29) is 5.54 Å². The highest BCUT2D eigenvalue weighted by atomic mass is 15.3. The summed E-state index contributed by atoms with van der Waals surface area (Å²) < 4.78 is 0. The van der Waals surface area contributed by atoms with Crippen LogP contribution in [0, 0.1) is 0 Å². The molecule has 2 aliphatic rings. The van der Waals surface area contributed by atoms with Gasteiger partial charge in [-0.05, 0) is 46.3 Å². The summed E-state index contributed by atoms with van der Waals surface area (Å²) in [5.74, 6) is 0. The number of nitrogens with two attached hydrogens (primary N) is 1. The largest absolute Gasteiger partial charge is 0.329 e. The first-order valence-corrected chi connectivity index (χ1v) is 6.83. The van der Waals surface area contributed by atoms with Crippen LogP contribution in [-0.2, 0) is 0 Å². The van der Waals surface area contributed by atoms with Gasteiger partial charge in [0.25, 0.3) is 0 Å². The van der Waals surface area contributed by atoms with Gasteiger partial charge < -0.3 is 10.6 Å². The molecule has 0 bridgehead atoms. The average molecular weight is 225 g/mol. The van der Waals surface area contributed by atoms with Gasteiger partial charge in [-0.3, -0.25) is 4.90 Å². The van der Waals surface area contributed by atoms with E-state index in [9.17, 15) is 0 Å². The van der Waals surface area contributed by atoms with E-state index >= 15 is 0 Å². The fourth-order valence-corrected chi connectivity index (χ4v) is 3.44. The molecule has 16 heavy (non-hydrogen) atoms. The van der Waals surface area contributed by atoms with Gasteiger partial charge in [0, 0.05) is 24.7 Å². The van der Waals surface area contributed by atoms with Crippen LogP contribution in [0.25, 0.3) is 0 Å². The third kappa shape index (κ3) is 2.27. The van der Waals surface area contributed by atoms with Crippen molar-refractivity contribution in [3.05, 3.63) is 0 Å². The summed E-state index contributed by atoms with van der Waals surface area (Å²) in [6.07, 6.45) is 6.78. The van der Waals surface area contributed by atoms with E-state index in [1.54, 1.807) is 0 Å². The van der Waals surface area contributed by atoms with Gasteiger partial charge in [-0.1, -0.05) is 12.8 Å². The van der Waals surface area contributed by atoms with E-state index in [1.165, 1.54) is 45.2 Å². The maximum absolute atomic E-state index is 6.11. The maximum Gasteiger partial charge on any atom is 0.0473 e. The predicted octanol–water partition coefficient (Wildman–Crippen LogP) is 1.28. The molecule has 0 spiro atoms. The molecule has 2 rings (SSSR count). The zero-order valence-corrected chi connectivity index (χ0v) is 10.9. The summed E-state index contributed by atoms with van der Waals surface area (Å²) in [5.41, 5.74) is 6.38. The number of nitrogens with zero attached hydrogens (tertiary/aromatic N) is 2. The Morgan fingerprint density at radius 1 is 1.19 bits per heavy atom. The van der Waals surface area contributed by atoms with E-state index in [4.69, 9.17) is 5.73 Å². The number of likely N-dealkylation sites (N-methyl/N-ethyl adjacent to an activating group) is 1. The summed E-state index contributed by atoms with van der Waals surface area (Å²) >= 11 is 0. The maximum atomic E-state index is 6.11. The minimum absolute atomic E-state index is 0.276. The Labute approximate surface area is 100.0 Å². The van der Waals surface area contributed by atoms with Gasteiger partial charge in [-0.15, -0.1) is 0 Å². The van der Waals surface area contributed by atoms with Crippen LogP contribution in [-0.4, -0.2) is 54.6 Å². The molecule has 2 saturated heterocycles. The standard InChI is InChI=1S/C13H27N3/c1-12-9-13(10-14,11-15(12)2)16-7-5-3-4-6-8-16/h12H,3-11,14H2,1-2H3. The molecule has 2 unspecified atom stereocenters. The second-order valence-corrected chi connectivity index (χ2v) is 5.80. The monoisotopic (exact) mass is 225 g/mol. The summed E-state index contributed by atoms with van der Waals surface area (Å²) in [6, 6.07) is 0.687. The molecule has 0 aromatic heterocycles. The molecule has 0 radical (unpaired) electrons. The number of rotatable bonds is 2. The number of hydrogen-bond donors (Lipinski definition) is 1. The highest BCUT2D eigenvalue weighted by Gasteiger charge is 2.43. The smallest absolute Gasteiger partial charge is 0.0473 e. The molecule has 2 fully saturated rings. The van der Waals surface area contributed by atoms with Crippen molar-refractivity contribution in [1.29, 1.82) is 0 Å². The molecular formula is C13H27N3. The van der Waals surface area contributed by atoms with Crippen LogP contribution in [0.1, 0.15) is 39.0 Å². The molecule has 3 nitrogen and oxygen atoms in total. The fourth-order valence-electron chi connectivity index (χ4n) is 3.44. The van der Waals surface area contributed by atoms with E-state index in [0.717, 1.165) is 13.1 Å². The van der Waals surface area contributed by atoms with Crippen molar-refractivity contribution in [1.82, 2.24) is 9.80 Å². The average Bonchev–Trinajstić information content (AvgIpc) is 2.51. The van der Waals surface area contributed by atoms with Gasteiger partial charge >= 0.3 is 0 Å². The third-order valence-electron chi connectivity index (χ3n) is 4.63. The molecule has 3 heteroatoms. The molecule has 2 atom stereocenters. The molecule has 0 aromatic rings. The lowest BCUT2D eigenvalue weighted by Gasteiger charge is -2.40. The second kappa shape index (κ2) is 5.03. The topological polar surface area (TPSA) is 32.5 Å². The van der Waals surface area contributed by atoms with Crippen molar-refractivity contribution in [3.63, 3.8) is 0 Å². The van der Waals surface area contributed by atoms with Crippen LogP contribution < -0.4 is 5.73 Å². The van der Waals surface area contributed by atoms with Gasteiger partial charge in [0.15, 0.2) is 0 Å². The quantitative estimate of drug-likeness (QED) is 0.768. The summed E-state index contributed by atoms with van der Waals surface area (Å²) in [4.78, 5) is 5.16. The first kappa shape index (κ1) is 12.3. The number of likely N-dealkylation sites (tertiary alicyclic amines) is 2. The Kier molecular flexibility index (Phi) is 3.88. The lowest BCUT2D eigenvalue weighted by atomic mass is 9.93. The van der Waals surface area contributed by atoms with Gasteiger partial charge in [0.1, 0.15) is 0 Å². The molecule has 2 N–H and O–H groups in total. The highest BCUT2D eigenvalue weighted by Crippen LogP contribution is 2.32. The Balaban J connectivity index is 2.08. The minimum Gasteiger partial charge on any atom is -0.329 e. The summed E-state index contributed by atoms with van der Waals surface area (Å²) in [7, 11) is 2.24. The molecule has 0 amide bonds. The van der Waals surface area contributed by atoms with Crippen LogP contribution in [0.2, 0.25) is 0 Å². The van der Waals surface area contributed by atoms with Crippen molar-refractivity contribution in [2.24, 2.45) is 5.73 Å². The molecular weight excluding hydrogens is 198 g/mol. The Hall–Kier alpha value is -0.120. The van der Waals surface area contributed by atoms with Crippen LogP contribution in [0.5, 0.6) is 0 Å². The predicted molar refractivity (Wildman–Crippen MR) is 68.5 cm³/mol. The van der Waals surface area contributed by atoms with Gasteiger partial charge in [-0.25, -0.2) is 0 Å². The van der Waals surface area contributed by atoms with Crippen molar-refractivity contribution in [2.45, 2.75) is 50.6 Å². The molecule has 0 saturated carbocycles. The lowest BCUT2D eigenvalue weighted by Crippen LogP contribution is -2.55. The number of hydrogen-bond acceptors (Lipinski definition) is 3. The van der Waals surface area contributed by atoms with E-state index in [0.29, 0.717) is 6.04 Å². The fraction of sp³-hybridized carbons (Fsp3) is 1.00. The van der Waals surface area contributed by atoms with Crippen molar-refractivity contribution < 1.29 is 0 Å². The zero-order valence-electron chi connectivity index (χ0n) is 10.9. The minimum atomic E-state index is 0.276. The van der Waals surface area contributed by atoms with Crippen LogP contribution in [0.4, 0.5) is 0 Å². The molecule has 94 valence electrons. The summed E-state index contributed by atoms with van der Waals surface area (Å²) in [5, 5.41) is 0. The van der Waals surface area contributed by atoms with Crippen molar-refractivity contribution in [2.75, 3.05) is 33.2 Å². The molecule has 0 aliphatic carbocycles. The SMILES string of the molecule is CC1CC(CN)(N2CCCCCC2)CN1C. The van der Waals surface area contributed by atoms with Crippen LogP contribution in [0.15, 0.2) is 0 Å². The first-order chi connectivity index (χ1) is 7.68. The van der Waals surface area contributed by atoms with Crippen molar-refractivity contribution >= 4 is 0 Å². The normalized spacial score (nSPS) is 38.8. The van der Waals surface area contributed by atoms with Crippen molar-refractivity contribution in [3.8, 4) is 0 Å². The third-order valence-corrected chi connectivity index (χ3v) is 4.63. The lowest BCUT2D eigenvalue weighted by molar-refractivity contribution is 0.106. The Morgan fingerprint density at radius 2 is 1.81 bits per heavy atom. The summed E-state index contributed by atoms with van der Waals surface area (Å²) in [6.45, 7) is 6.83. The first-order valence-electron chi connectivity index (χ1n) is 6.83. The van der Waals surface area contributed by atoms with Gasteiger partial charge in [-0.2, -0.15) is 0 Å². The Bertz CT molecular complexity index is 211. The van der Waals surface area contributed by atoms with Gasteiger partial charge in [0.05, 0.1) is 0 Å². The molecule has 2 aliphatic heterocycles. The highest BCUT2D eigenvalue weighted by molar-refractivity contribution is 5.02. The van der Waals surface area contributed by atoms with Crippen LogP contribution >= 0.6 is 0 Å². The van der Waals surface area contributed by atoms with E-state index < -0.39 is 0 Å². The van der Waals surface area contributed by atoms with Crippen LogP contribution in [0.3, 0.4) is 0 Å². The Morgan fingerprint density at radius 3 is 2.25 bits per heavy atom.